The lowest BCUT2D eigenvalue weighted by molar-refractivity contribution is -0.129. The van der Waals surface area contributed by atoms with E-state index in [1.165, 1.54) is 0 Å². The summed E-state index contributed by atoms with van der Waals surface area (Å²) < 4.78 is 5.13. The Hall–Kier alpha value is -1.22. The van der Waals surface area contributed by atoms with Crippen molar-refractivity contribution in [1.82, 2.24) is 4.90 Å². The molecule has 0 bridgehead atoms. The molecule has 0 radical (unpaired) electrons. The topological polar surface area (TPSA) is 29.5 Å². The number of ether oxygens (including phenoxy) is 1. The van der Waals surface area contributed by atoms with Crippen LogP contribution in [0, 0.1) is 5.92 Å². The van der Waals surface area contributed by atoms with Crippen molar-refractivity contribution in [2.24, 2.45) is 5.92 Å². The number of methoxy groups -OCH3 is 1. The van der Waals surface area contributed by atoms with Gasteiger partial charge in [0.1, 0.15) is 5.75 Å². The highest BCUT2D eigenvalue weighted by atomic mass is 35.5. The highest BCUT2D eigenvalue weighted by molar-refractivity contribution is 6.18. The van der Waals surface area contributed by atoms with Gasteiger partial charge in [-0.05, 0) is 30.5 Å². The first-order valence-electron chi connectivity index (χ1n) is 6.15. The second-order valence-electron chi connectivity index (χ2n) is 4.72. The first kappa shape index (κ1) is 13.2. The predicted octanol–water partition coefficient (Wildman–Crippen LogP) is 2.84. The van der Waals surface area contributed by atoms with Gasteiger partial charge in [-0.15, -0.1) is 11.6 Å². The molecule has 0 saturated carbocycles. The van der Waals surface area contributed by atoms with Crippen molar-refractivity contribution >= 4 is 17.5 Å². The van der Waals surface area contributed by atoms with Crippen LogP contribution in [-0.2, 0) is 4.79 Å². The van der Waals surface area contributed by atoms with E-state index in [2.05, 4.69) is 6.92 Å². The Morgan fingerprint density at radius 3 is 2.61 bits per heavy atom. The number of carbonyl (C=O) groups excluding carboxylic acids is 1. The summed E-state index contributed by atoms with van der Waals surface area (Å²) in [5.41, 5.74) is 1.12. The molecule has 1 heterocycles. The average Bonchev–Trinajstić information content (AvgIpc) is 2.79. The summed E-state index contributed by atoms with van der Waals surface area (Å²) in [6, 6.07) is 7.95. The molecule has 2 unspecified atom stereocenters. The molecule has 3 nitrogen and oxygen atoms in total. The number of likely N-dealkylation sites (tertiary alicyclic amines) is 1. The maximum absolute atomic E-state index is 11.9. The van der Waals surface area contributed by atoms with E-state index in [4.69, 9.17) is 16.3 Å². The van der Waals surface area contributed by atoms with E-state index >= 15 is 0 Å². The largest absolute Gasteiger partial charge is 0.497 e. The smallest absolute Gasteiger partial charge is 0.223 e. The summed E-state index contributed by atoms with van der Waals surface area (Å²) in [6.07, 6.45) is 0.573. The summed E-state index contributed by atoms with van der Waals surface area (Å²) >= 11 is 5.83. The maximum atomic E-state index is 11.9. The molecule has 0 N–H and O–H groups in total. The van der Waals surface area contributed by atoms with Crippen LogP contribution in [0.1, 0.15) is 24.9 Å². The third-order valence-corrected chi connectivity index (χ3v) is 3.96. The van der Waals surface area contributed by atoms with E-state index in [0.29, 0.717) is 18.2 Å². The highest BCUT2D eigenvalue weighted by Gasteiger charge is 2.32. The van der Waals surface area contributed by atoms with Gasteiger partial charge in [0.15, 0.2) is 0 Å². The Bertz CT molecular complexity index is 418. The van der Waals surface area contributed by atoms with Crippen molar-refractivity contribution in [2.45, 2.75) is 19.4 Å². The Kier molecular flexibility index (Phi) is 4.12. The normalized spacial score (nSPS) is 21.2. The molecule has 18 heavy (non-hydrogen) atoms. The second kappa shape index (κ2) is 5.61. The molecule has 1 aromatic rings. The minimum absolute atomic E-state index is 0.0941. The SMILES string of the molecule is COc1ccc(C(C)N2CC(CCl)CC2=O)cc1. The summed E-state index contributed by atoms with van der Waals surface area (Å²) in [5, 5.41) is 0. The first-order valence-corrected chi connectivity index (χ1v) is 6.68. The van der Waals surface area contributed by atoms with Crippen LogP contribution in [0.25, 0.3) is 0 Å². The minimum atomic E-state index is 0.0941. The Morgan fingerprint density at radius 2 is 2.11 bits per heavy atom. The number of halogens is 1. The monoisotopic (exact) mass is 267 g/mol. The molecule has 2 atom stereocenters. The fourth-order valence-electron chi connectivity index (χ4n) is 2.35. The summed E-state index contributed by atoms with van der Waals surface area (Å²) in [5.74, 6) is 1.87. The van der Waals surface area contributed by atoms with Crippen LogP contribution in [0.5, 0.6) is 5.75 Å². The average molecular weight is 268 g/mol. The number of hydrogen-bond donors (Lipinski definition) is 0. The zero-order valence-corrected chi connectivity index (χ0v) is 11.5. The van der Waals surface area contributed by atoms with Gasteiger partial charge in [-0.1, -0.05) is 12.1 Å². The van der Waals surface area contributed by atoms with Gasteiger partial charge in [-0.3, -0.25) is 4.79 Å². The van der Waals surface area contributed by atoms with Crippen LogP contribution in [0.4, 0.5) is 0 Å². The first-order chi connectivity index (χ1) is 8.65. The fourth-order valence-corrected chi connectivity index (χ4v) is 2.56. The zero-order valence-electron chi connectivity index (χ0n) is 10.7. The molecular formula is C14H18ClNO2. The molecule has 1 aliphatic rings. The number of carbonyl (C=O) groups is 1. The summed E-state index contributed by atoms with van der Waals surface area (Å²) in [4.78, 5) is 13.8. The van der Waals surface area contributed by atoms with Crippen molar-refractivity contribution in [2.75, 3.05) is 19.5 Å². The molecular weight excluding hydrogens is 250 g/mol. The summed E-state index contributed by atoms with van der Waals surface area (Å²) in [7, 11) is 1.65. The lowest BCUT2D eigenvalue weighted by Gasteiger charge is -2.25. The molecule has 4 heteroatoms. The molecule has 1 aromatic carbocycles. The van der Waals surface area contributed by atoms with Gasteiger partial charge in [0.2, 0.25) is 5.91 Å². The van der Waals surface area contributed by atoms with E-state index in [1.807, 2.05) is 29.2 Å². The third kappa shape index (κ3) is 2.61. The molecule has 1 saturated heterocycles. The number of hydrogen-bond acceptors (Lipinski definition) is 2. The number of benzene rings is 1. The Morgan fingerprint density at radius 1 is 1.44 bits per heavy atom. The van der Waals surface area contributed by atoms with E-state index in [0.717, 1.165) is 17.9 Å². The Balaban J connectivity index is 2.10. The van der Waals surface area contributed by atoms with Crippen molar-refractivity contribution in [1.29, 1.82) is 0 Å². The standard InChI is InChI=1S/C14H18ClNO2/c1-10(12-3-5-13(18-2)6-4-12)16-9-11(8-15)7-14(16)17/h3-6,10-11H,7-9H2,1-2H3. The van der Waals surface area contributed by atoms with Gasteiger partial charge in [-0.2, -0.15) is 0 Å². The van der Waals surface area contributed by atoms with Gasteiger partial charge in [0, 0.05) is 18.8 Å². The van der Waals surface area contributed by atoms with Crippen molar-refractivity contribution in [3.05, 3.63) is 29.8 Å². The zero-order chi connectivity index (χ0) is 13.1. The van der Waals surface area contributed by atoms with E-state index in [-0.39, 0.29) is 11.9 Å². The maximum Gasteiger partial charge on any atom is 0.223 e. The van der Waals surface area contributed by atoms with E-state index in [9.17, 15) is 4.79 Å². The predicted molar refractivity (Wildman–Crippen MR) is 71.9 cm³/mol. The van der Waals surface area contributed by atoms with Crippen molar-refractivity contribution in [3.8, 4) is 5.75 Å². The van der Waals surface area contributed by atoms with Gasteiger partial charge in [0.25, 0.3) is 0 Å². The van der Waals surface area contributed by atoms with Gasteiger partial charge in [-0.25, -0.2) is 0 Å². The van der Waals surface area contributed by atoms with Crippen LogP contribution in [0.3, 0.4) is 0 Å². The molecule has 1 aliphatic heterocycles. The molecule has 1 fully saturated rings. The quantitative estimate of drug-likeness (QED) is 0.785. The minimum Gasteiger partial charge on any atom is -0.497 e. The lowest BCUT2D eigenvalue weighted by Crippen LogP contribution is -2.28. The van der Waals surface area contributed by atoms with Crippen molar-refractivity contribution < 1.29 is 9.53 Å². The van der Waals surface area contributed by atoms with Gasteiger partial charge >= 0.3 is 0 Å². The Labute approximate surface area is 113 Å². The number of amides is 1. The van der Waals surface area contributed by atoms with Crippen molar-refractivity contribution in [3.63, 3.8) is 0 Å². The third-order valence-electron chi connectivity index (χ3n) is 3.52. The summed E-state index contributed by atoms with van der Waals surface area (Å²) in [6.45, 7) is 2.81. The van der Waals surface area contributed by atoms with Crippen LogP contribution >= 0.6 is 11.6 Å². The number of nitrogens with zero attached hydrogens (tertiary/aromatic N) is 1. The van der Waals surface area contributed by atoms with Crippen LogP contribution in [-0.4, -0.2) is 30.3 Å². The molecule has 98 valence electrons. The molecule has 0 aliphatic carbocycles. The molecule has 0 spiro atoms. The van der Waals surface area contributed by atoms with Gasteiger partial charge < -0.3 is 9.64 Å². The van der Waals surface area contributed by atoms with Crippen LogP contribution in [0.2, 0.25) is 0 Å². The molecule has 0 aromatic heterocycles. The lowest BCUT2D eigenvalue weighted by atomic mass is 10.1. The van der Waals surface area contributed by atoms with Crippen LogP contribution < -0.4 is 4.74 Å². The van der Waals surface area contributed by atoms with E-state index in [1.54, 1.807) is 7.11 Å². The van der Waals surface area contributed by atoms with Gasteiger partial charge in [0.05, 0.1) is 13.2 Å². The fraction of sp³-hybridized carbons (Fsp3) is 0.500. The highest BCUT2D eigenvalue weighted by Crippen LogP contribution is 2.29. The van der Waals surface area contributed by atoms with E-state index < -0.39 is 0 Å². The molecule has 1 amide bonds. The van der Waals surface area contributed by atoms with Crippen LogP contribution in [0.15, 0.2) is 24.3 Å². The number of alkyl halides is 1. The molecule has 2 rings (SSSR count). The second-order valence-corrected chi connectivity index (χ2v) is 5.03. The number of rotatable bonds is 4.